The Morgan fingerprint density at radius 1 is 1.18 bits per heavy atom. The quantitative estimate of drug-likeness (QED) is 0.539. The maximum atomic E-state index is 12.9. The summed E-state index contributed by atoms with van der Waals surface area (Å²) in [5.41, 5.74) is 6.43. The maximum absolute atomic E-state index is 12.9. The lowest BCUT2D eigenvalue weighted by Gasteiger charge is -2.30. The minimum Gasteiger partial charge on any atom is -0.369 e. The molecule has 9 heteroatoms. The number of amides is 1. The molecular formula is C24H32N6O3. The molecule has 1 fully saturated rings. The van der Waals surface area contributed by atoms with E-state index in [0.29, 0.717) is 43.3 Å². The third kappa shape index (κ3) is 5.08. The predicted octanol–water partition coefficient (Wildman–Crippen LogP) is 1.68. The van der Waals surface area contributed by atoms with E-state index in [1.807, 2.05) is 34.9 Å². The Balaban J connectivity index is 1.78. The molecule has 1 unspecified atom stereocenters. The van der Waals surface area contributed by atoms with Gasteiger partial charge in [-0.3, -0.25) is 24.0 Å². The topological polar surface area (TPSA) is 119 Å². The van der Waals surface area contributed by atoms with Gasteiger partial charge in [-0.05, 0) is 37.3 Å². The summed E-state index contributed by atoms with van der Waals surface area (Å²) in [5.74, 6) is 0.723. The Bertz CT molecular complexity index is 1240. The van der Waals surface area contributed by atoms with Gasteiger partial charge in [0.05, 0.1) is 19.0 Å². The zero-order valence-corrected chi connectivity index (χ0v) is 19.3. The van der Waals surface area contributed by atoms with Crippen molar-refractivity contribution in [1.82, 2.24) is 24.0 Å². The molecular weight excluding hydrogens is 420 g/mol. The molecule has 1 saturated heterocycles. The number of H-pyrrole nitrogens is 1. The number of aromatic nitrogens is 4. The number of aryl methyl sites for hydroxylation is 1. The fourth-order valence-corrected chi connectivity index (χ4v) is 4.51. The number of likely N-dealkylation sites (tertiary alicyclic amines) is 1. The van der Waals surface area contributed by atoms with E-state index in [1.165, 1.54) is 4.57 Å². The predicted molar refractivity (Wildman–Crippen MR) is 127 cm³/mol. The third-order valence-electron chi connectivity index (χ3n) is 6.35. The number of benzene rings is 1. The zero-order chi connectivity index (χ0) is 23.5. The monoisotopic (exact) mass is 452 g/mol. The van der Waals surface area contributed by atoms with Gasteiger partial charge in [-0.1, -0.05) is 44.2 Å². The van der Waals surface area contributed by atoms with Gasteiger partial charge in [-0.2, -0.15) is 0 Å². The molecule has 2 aromatic heterocycles. The third-order valence-corrected chi connectivity index (χ3v) is 6.35. The summed E-state index contributed by atoms with van der Waals surface area (Å²) in [5, 5.41) is 0. The average Bonchev–Trinajstić information content (AvgIpc) is 3.14. The molecule has 33 heavy (non-hydrogen) atoms. The number of imidazole rings is 1. The van der Waals surface area contributed by atoms with Crippen LogP contribution in [0.5, 0.6) is 0 Å². The van der Waals surface area contributed by atoms with Crippen LogP contribution in [-0.4, -0.2) is 43.0 Å². The smallest absolute Gasteiger partial charge is 0.330 e. The number of carbonyl (C=O) groups is 1. The molecule has 1 aliphatic heterocycles. The molecule has 3 N–H and O–H groups in total. The SMILES string of the molecule is CC(C)CCn1c(CN2CCCC(C(N)=O)C2)nc2c1c(=O)[nH]c(=O)n2Cc1ccccc1. The van der Waals surface area contributed by atoms with E-state index >= 15 is 0 Å². The van der Waals surface area contributed by atoms with Crippen LogP contribution in [0, 0.1) is 11.8 Å². The Hall–Kier alpha value is -3.20. The van der Waals surface area contributed by atoms with Crippen LogP contribution >= 0.6 is 0 Å². The lowest BCUT2D eigenvalue weighted by atomic mass is 9.97. The van der Waals surface area contributed by atoms with E-state index in [0.717, 1.165) is 37.2 Å². The molecule has 3 heterocycles. The van der Waals surface area contributed by atoms with E-state index in [1.54, 1.807) is 0 Å². The van der Waals surface area contributed by atoms with Crippen LogP contribution in [-0.2, 0) is 24.4 Å². The van der Waals surface area contributed by atoms with E-state index < -0.39 is 11.2 Å². The van der Waals surface area contributed by atoms with E-state index in [4.69, 9.17) is 10.7 Å². The molecule has 3 aromatic rings. The number of hydrogen-bond acceptors (Lipinski definition) is 5. The van der Waals surface area contributed by atoms with Crippen molar-refractivity contribution in [2.75, 3.05) is 13.1 Å². The Kier molecular flexibility index (Phi) is 6.78. The van der Waals surface area contributed by atoms with Crippen molar-refractivity contribution in [2.24, 2.45) is 17.6 Å². The second-order valence-electron chi connectivity index (χ2n) is 9.34. The van der Waals surface area contributed by atoms with Crippen LogP contribution in [0.3, 0.4) is 0 Å². The lowest BCUT2D eigenvalue weighted by molar-refractivity contribution is -0.123. The summed E-state index contributed by atoms with van der Waals surface area (Å²) < 4.78 is 3.48. The van der Waals surface area contributed by atoms with Crippen LogP contribution in [0.15, 0.2) is 39.9 Å². The van der Waals surface area contributed by atoms with Gasteiger partial charge in [0.15, 0.2) is 11.2 Å². The highest BCUT2D eigenvalue weighted by Gasteiger charge is 2.26. The first-order valence-corrected chi connectivity index (χ1v) is 11.6. The Labute approximate surface area is 192 Å². The molecule has 4 rings (SSSR count). The number of nitrogens with one attached hydrogen (secondary N) is 1. The van der Waals surface area contributed by atoms with Gasteiger partial charge in [0, 0.05) is 13.1 Å². The van der Waals surface area contributed by atoms with Crippen molar-refractivity contribution >= 4 is 17.1 Å². The number of fused-ring (bicyclic) bond motifs is 1. The summed E-state index contributed by atoms with van der Waals surface area (Å²) >= 11 is 0. The first kappa shape index (κ1) is 23.0. The highest BCUT2D eigenvalue weighted by Crippen LogP contribution is 2.21. The van der Waals surface area contributed by atoms with Crippen molar-refractivity contribution in [3.63, 3.8) is 0 Å². The van der Waals surface area contributed by atoms with Crippen LogP contribution < -0.4 is 17.0 Å². The summed E-state index contributed by atoms with van der Waals surface area (Å²) in [6, 6.07) is 9.64. The molecule has 1 aliphatic rings. The van der Waals surface area contributed by atoms with Gasteiger partial charge in [-0.25, -0.2) is 9.78 Å². The molecule has 9 nitrogen and oxygen atoms in total. The van der Waals surface area contributed by atoms with Gasteiger partial charge < -0.3 is 10.3 Å². The van der Waals surface area contributed by atoms with E-state index in [2.05, 4.69) is 23.7 Å². The minimum absolute atomic E-state index is 0.174. The largest absolute Gasteiger partial charge is 0.369 e. The Morgan fingerprint density at radius 2 is 1.94 bits per heavy atom. The lowest BCUT2D eigenvalue weighted by Crippen LogP contribution is -2.41. The standard InChI is InChI=1S/C24H32N6O3/c1-16(2)10-12-29-19(15-28-11-6-9-18(14-28)21(25)31)26-22-20(29)23(32)27-24(33)30(22)13-17-7-4-3-5-8-17/h3-5,7-8,16,18H,6,9-15H2,1-2H3,(H2,25,31)(H,27,32,33). The molecule has 176 valence electrons. The number of nitrogens with zero attached hydrogens (tertiary/aromatic N) is 4. The van der Waals surface area contributed by atoms with Crippen LogP contribution in [0.1, 0.15) is 44.5 Å². The van der Waals surface area contributed by atoms with Crippen LogP contribution in [0.4, 0.5) is 0 Å². The summed E-state index contributed by atoms with van der Waals surface area (Å²) in [7, 11) is 0. The number of hydrogen-bond donors (Lipinski definition) is 2. The number of primary amides is 1. The van der Waals surface area contributed by atoms with E-state index in [9.17, 15) is 14.4 Å². The van der Waals surface area contributed by atoms with Crippen molar-refractivity contribution < 1.29 is 4.79 Å². The fourth-order valence-electron chi connectivity index (χ4n) is 4.51. The Morgan fingerprint density at radius 3 is 2.64 bits per heavy atom. The molecule has 1 atom stereocenters. The normalized spacial score (nSPS) is 17.1. The highest BCUT2D eigenvalue weighted by atomic mass is 16.2. The molecule has 1 amide bonds. The highest BCUT2D eigenvalue weighted by molar-refractivity contribution is 5.77. The number of piperidine rings is 1. The van der Waals surface area contributed by atoms with Gasteiger partial charge in [0.2, 0.25) is 5.91 Å². The van der Waals surface area contributed by atoms with Crippen LogP contribution in [0.2, 0.25) is 0 Å². The molecule has 0 radical (unpaired) electrons. The van der Waals surface area contributed by atoms with E-state index in [-0.39, 0.29) is 11.8 Å². The van der Waals surface area contributed by atoms with Crippen molar-refractivity contribution in [3.8, 4) is 0 Å². The maximum Gasteiger partial charge on any atom is 0.330 e. The summed E-state index contributed by atoms with van der Waals surface area (Å²) in [6.07, 6.45) is 2.56. The molecule has 0 spiro atoms. The van der Waals surface area contributed by atoms with Gasteiger partial charge in [0.1, 0.15) is 5.82 Å². The molecule has 1 aromatic carbocycles. The van der Waals surface area contributed by atoms with Crippen LogP contribution in [0.25, 0.3) is 11.2 Å². The summed E-state index contributed by atoms with van der Waals surface area (Å²) in [6.45, 7) is 7.13. The number of carbonyl (C=O) groups excluding carboxylic acids is 1. The first-order chi connectivity index (χ1) is 15.8. The van der Waals surface area contributed by atoms with Gasteiger partial charge >= 0.3 is 5.69 Å². The zero-order valence-electron chi connectivity index (χ0n) is 19.3. The first-order valence-electron chi connectivity index (χ1n) is 11.6. The molecule has 0 bridgehead atoms. The van der Waals surface area contributed by atoms with Gasteiger partial charge in [0.25, 0.3) is 5.56 Å². The number of nitrogens with two attached hydrogens (primary N) is 1. The molecule has 0 saturated carbocycles. The van der Waals surface area contributed by atoms with Gasteiger partial charge in [-0.15, -0.1) is 0 Å². The van der Waals surface area contributed by atoms with Crippen molar-refractivity contribution in [1.29, 1.82) is 0 Å². The fraction of sp³-hybridized carbons (Fsp3) is 0.500. The number of aromatic amines is 1. The number of rotatable bonds is 8. The second-order valence-corrected chi connectivity index (χ2v) is 9.34. The van der Waals surface area contributed by atoms with Crippen molar-refractivity contribution in [2.45, 2.75) is 52.7 Å². The average molecular weight is 453 g/mol. The summed E-state index contributed by atoms with van der Waals surface area (Å²) in [4.78, 5) is 46.9. The van der Waals surface area contributed by atoms with Crippen molar-refractivity contribution in [3.05, 3.63) is 62.6 Å². The minimum atomic E-state index is -0.469. The molecule has 0 aliphatic carbocycles. The second kappa shape index (κ2) is 9.74.